The molecule has 1 heterocycles. The Balaban J connectivity index is 0.00000120. The monoisotopic (exact) mass is 259 g/mol. The van der Waals surface area contributed by atoms with E-state index in [0.717, 1.165) is 0 Å². The second kappa shape index (κ2) is 4.72. The molecule has 0 atom stereocenters. The fourth-order valence-electron chi connectivity index (χ4n) is 2.12. The predicted molar refractivity (Wildman–Crippen MR) is 62.2 cm³/mol. The van der Waals surface area contributed by atoms with Gasteiger partial charge in [-0.25, -0.2) is 9.59 Å². The maximum Gasteiger partial charge on any atom is 0.357 e. The summed E-state index contributed by atoms with van der Waals surface area (Å²) >= 11 is 0. The van der Waals surface area contributed by atoms with E-state index in [0.29, 0.717) is 16.8 Å². The van der Waals surface area contributed by atoms with Crippen LogP contribution in [0.4, 0.5) is 5.69 Å². The van der Waals surface area contributed by atoms with Crippen LogP contribution < -0.4 is 17.3 Å². The number of hydrogen-bond acceptors (Lipinski definition) is 2. The molecule has 18 heavy (non-hydrogen) atoms. The van der Waals surface area contributed by atoms with Gasteiger partial charge in [-0.3, -0.25) is 0 Å². The first-order chi connectivity index (χ1) is 8.29. The summed E-state index contributed by atoms with van der Waals surface area (Å²) in [5.41, 5.74) is 1.71. The minimum Gasteiger partial charge on any atom is -1.00 e. The number of quaternary nitrogens is 1. The first-order valence-electron chi connectivity index (χ1n) is 5.40. The molecule has 3 rings (SSSR count). The van der Waals surface area contributed by atoms with E-state index in [9.17, 15) is 9.59 Å². The molecule has 0 saturated heterocycles. The van der Waals surface area contributed by atoms with E-state index in [1.807, 2.05) is 18.2 Å². The fraction of sp³-hybridized carbons (Fsp3) is 0. The van der Waals surface area contributed by atoms with Crippen molar-refractivity contribution >= 4 is 17.5 Å². The van der Waals surface area contributed by atoms with E-state index in [2.05, 4.69) is 0 Å². The van der Waals surface area contributed by atoms with Crippen LogP contribution in [-0.4, -0.2) is 11.8 Å². The highest BCUT2D eigenvalue weighted by Gasteiger charge is 2.42. The zero-order chi connectivity index (χ0) is 11.8. The van der Waals surface area contributed by atoms with E-state index in [1.165, 1.54) is 0 Å². The van der Waals surface area contributed by atoms with Gasteiger partial charge in [0.15, 0.2) is 0 Å². The number of para-hydroxylation sites is 1. The third-order valence-corrected chi connectivity index (χ3v) is 2.93. The fourth-order valence-corrected chi connectivity index (χ4v) is 2.12. The second-order valence-electron chi connectivity index (χ2n) is 3.94. The van der Waals surface area contributed by atoms with E-state index < -0.39 is 0 Å². The predicted octanol–water partition coefficient (Wildman–Crippen LogP) is -1.80. The van der Waals surface area contributed by atoms with Crippen molar-refractivity contribution in [3.05, 3.63) is 65.7 Å². The van der Waals surface area contributed by atoms with E-state index in [-0.39, 0.29) is 29.1 Å². The lowest BCUT2D eigenvalue weighted by atomic mass is 10.1. The van der Waals surface area contributed by atoms with Crippen LogP contribution in [0.15, 0.2) is 54.6 Å². The van der Waals surface area contributed by atoms with Crippen LogP contribution in [0.2, 0.25) is 0 Å². The largest absolute Gasteiger partial charge is 1.00 e. The van der Waals surface area contributed by atoms with Crippen LogP contribution in [0.5, 0.6) is 0 Å². The number of fused-ring (bicyclic) bond motifs is 1. The van der Waals surface area contributed by atoms with Crippen molar-refractivity contribution in [2.24, 2.45) is 0 Å². The number of carbonyl (C=O) groups excluding carboxylic acids is 2. The Bertz CT molecular complexity index is 575. The highest BCUT2D eigenvalue weighted by molar-refractivity contribution is 6.12. The molecular weight excluding hydrogens is 250 g/mol. The summed E-state index contributed by atoms with van der Waals surface area (Å²) in [6.07, 6.45) is 0. The van der Waals surface area contributed by atoms with Gasteiger partial charge in [0.25, 0.3) is 0 Å². The number of amides is 2. The van der Waals surface area contributed by atoms with Gasteiger partial charge in [0.1, 0.15) is 5.69 Å². The van der Waals surface area contributed by atoms with Crippen LogP contribution in [0, 0.1) is 0 Å². The molecule has 2 aromatic rings. The van der Waals surface area contributed by atoms with Crippen molar-refractivity contribution in [2.75, 3.05) is 0 Å². The molecule has 1 aliphatic rings. The third kappa shape index (κ3) is 1.74. The number of halogens is 1. The van der Waals surface area contributed by atoms with Crippen molar-refractivity contribution in [2.45, 2.75) is 0 Å². The molecule has 1 N–H and O–H groups in total. The van der Waals surface area contributed by atoms with Crippen molar-refractivity contribution in [1.82, 2.24) is 0 Å². The summed E-state index contributed by atoms with van der Waals surface area (Å²) in [6, 6.07) is 16.0. The van der Waals surface area contributed by atoms with E-state index in [1.54, 1.807) is 36.4 Å². The van der Waals surface area contributed by atoms with Crippen molar-refractivity contribution in [3.63, 3.8) is 0 Å². The van der Waals surface area contributed by atoms with Crippen LogP contribution in [0.25, 0.3) is 0 Å². The molecule has 1 aliphatic heterocycles. The zero-order valence-corrected chi connectivity index (χ0v) is 10.1. The van der Waals surface area contributed by atoms with Crippen molar-refractivity contribution in [3.8, 4) is 0 Å². The maximum atomic E-state index is 12.1. The quantitative estimate of drug-likeness (QED) is 0.614. The van der Waals surface area contributed by atoms with Gasteiger partial charge in [-0.05, 0) is 12.1 Å². The Morgan fingerprint density at radius 2 is 1.11 bits per heavy atom. The SMILES string of the molecule is O=C1c2ccccc2C(=O)[NH+]1c1ccccc1.[Cl-]. The summed E-state index contributed by atoms with van der Waals surface area (Å²) in [4.78, 5) is 24.6. The number of benzene rings is 2. The molecule has 2 aromatic carbocycles. The lowest BCUT2D eigenvalue weighted by molar-refractivity contribution is -0.640. The molecule has 0 aliphatic carbocycles. The molecule has 0 fully saturated rings. The lowest BCUT2D eigenvalue weighted by Gasteiger charge is -2.05. The molecule has 4 heteroatoms. The highest BCUT2D eigenvalue weighted by Crippen LogP contribution is 2.14. The molecule has 3 nitrogen and oxygen atoms in total. The summed E-state index contributed by atoms with van der Waals surface area (Å²) in [5.74, 6) is -0.339. The molecule has 0 saturated carbocycles. The summed E-state index contributed by atoms with van der Waals surface area (Å²) < 4.78 is 0. The van der Waals surface area contributed by atoms with E-state index >= 15 is 0 Å². The second-order valence-corrected chi connectivity index (χ2v) is 3.94. The molecule has 0 bridgehead atoms. The van der Waals surface area contributed by atoms with Gasteiger partial charge in [0.05, 0.1) is 11.1 Å². The van der Waals surface area contributed by atoms with Gasteiger partial charge < -0.3 is 12.4 Å². The van der Waals surface area contributed by atoms with Gasteiger partial charge in [0, 0.05) is 12.1 Å². The first-order valence-corrected chi connectivity index (χ1v) is 5.40. The minimum atomic E-state index is -0.170. The van der Waals surface area contributed by atoms with Crippen LogP contribution >= 0.6 is 0 Å². The van der Waals surface area contributed by atoms with Gasteiger partial charge in [-0.2, -0.15) is 4.90 Å². The third-order valence-electron chi connectivity index (χ3n) is 2.93. The Labute approximate surface area is 110 Å². The number of carbonyl (C=O) groups is 2. The minimum absolute atomic E-state index is 0. The highest BCUT2D eigenvalue weighted by atomic mass is 35.5. The smallest absolute Gasteiger partial charge is 0.357 e. The van der Waals surface area contributed by atoms with Gasteiger partial charge >= 0.3 is 11.8 Å². The normalized spacial score (nSPS) is 14.2. The summed E-state index contributed by atoms with van der Waals surface area (Å²) in [5, 5.41) is 0. The zero-order valence-electron chi connectivity index (χ0n) is 9.39. The average molecular weight is 260 g/mol. The first kappa shape index (κ1) is 12.5. The molecule has 2 amide bonds. The van der Waals surface area contributed by atoms with Gasteiger partial charge in [-0.15, -0.1) is 0 Å². The molecular formula is C14H10ClNO2. The Morgan fingerprint density at radius 3 is 1.61 bits per heavy atom. The number of hydrogen-bond donors (Lipinski definition) is 1. The summed E-state index contributed by atoms with van der Waals surface area (Å²) in [6.45, 7) is 0. The number of rotatable bonds is 1. The molecule has 90 valence electrons. The Kier molecular flexibility index (Phi) is 3.28. The van der Waals surface area contributed by atoms with Gasteiger partial charge in [-0.1, -0.05) is 30.3 Å². The molecule has 0 aromatic heterocycles. The maximum absolute atomic E-state index is 12.1. The molecule has 0 spiro atoms. The van der Waals surface area contributed by atoms with Gasteiger partial charge in [0.2, 0.25) is 0 Å². The van der Waals surface area contributed by atoms with Crippen LogP contribution in [0.3, 0.4) is 0 Å². The number of nitrogens with one attached hydrogen (secondary N) is 1. The average Bonchev–Trinajstić information content (AvgIpc) is 2.64. The number of imide groups is 1. The van der Waals surface area contributed by atoms with Crippen LogP contribution in [-0.2, 0) is 0 Å². The van der Waals surface area contributed by atoms with Crippen molar-refractivity contribution in [1.29, 1.82) is 0 Å². The Hall–Kier alpha value is -1.97. The standard InChI is InChI=1S/C14H9NO2.ClH/c16-13-11-8-4-5-9-12(11)14(17)15(13)10-6-2-1-3-7-10;/h1-9H;1H. The van der Waals surface area contributed by atoms with Crippen LogP contribution in [0.1, 0.15) is 20.7 Å². The molecule has 0 unspecified atom stereocenters. The Morgan fingerprint density at radius 1 is 0.667 bits per heavy atom. The lowest BCUT2D eigenvalue weighted by Crippen LogP contribution is -3.10. The topological polar surface area (TPSA) is 38.6 Å². The molecule has 0 radical (unpaired) electrons. The van der Waals surface area contributed by atoms with E-state index in [4.69, 9.17) is 0 Å². The summed E-state index contributed by atoms with van der Waals surface area (Å²) in [7, 11) is 0. The van der Waals surface area contributed by atoms with Crippen molar-refractivity contribution < 1.29 is 26.9 Å².